The number of anilines is 1. The van der Waals surface area contributed by atoms with E-state index in [0.29, 0.717) is 18.1 Å². The summed E-state index contributed by atoms with van der Waals surface area (Å²) >= 11 is 3.37. The molecule has 0 saturated heterocycles. The maximum absolute atomic E-state index is 11.6. The van der Waals surface area contributed by atoms with Gasteiger partial charge in [-0.2, -0.15) is 0 Å². The number of ether oxygens (including phenoxy) is 1. The predicted octanol–water partition coefficient (Wildman–Crippen LogP) is 2.57. The molecule has 0 saturated carbocycles. The summed E-state index contributed by atoms with van der Waals surface area (Å²) in [5, 5.41) is 3.03. The molecule has 0 aliphatic heterocycles. The van der Waals surface area contributed by atoms with Crippen molar-refractivity contribution in [3.63, 3.8) is 0 Å². The highest BCUT2D eigenvalue weighted by molar-refractivity contribution is 9.10. The molecule has 0 unspecified atom stereocenters. The van der Waals surface area contributed by atoms with Crippen LogP contribution in [0.5, 0.6) is 5.75 Å². The summed E-state index contributed by atoms with van der Waals surface area (Å²) in [6.07, 6.45) is 0. The van der Waals surface area contributed by atoms with E-state index in [4.69, 9.17) is 9.15 Å². The fourth-order valence-corrected chi connectivity index (χ4v) is 2.73. The van der Waals surface area contributed by atoms with Gasteiger partial charge in [-0.05, 0) is 47.2 Å². The zero-order chi connectivity index (χ0) is 15.5. The van der Waals surface area contributed by atoms with Crippen LogP contribution < -0.4 is 14.8 Å². The number of nitrogens with one attached hydrogen (secondary N) is 2. The first-order valence-corrected chi connectivity index (χ1v) is 8.33. The van der Waals surface area contributed by atoms with Crippen LogP contribution in [0.25, 0.3) is 0 Å². The fourth-order valence-electron chi connectivity index (χ4n) is 1.66. The fraction of sp³-hybridized carbons (Fsp3) is 0.231. The summed E-state index contributed by atoms with van der Waals surface area (Å²) in [4.78, 5) is 0. The highest BCUT2D eigenvalue weighted by atomic mass is 79.9. The van der Waals surface area contributed by atoms with Gasteiger partial charge in [0.15, 0.2) is 0 Å². The third-order valence-corrected chi connectivity index (χ3v) is 4.73. The van der Waals surface area contributed by atoms with Gasteiger partial charge in [-0.1, -0.05) is 0 Å². The molecule has 6 nitrogen and oxygen atoms in total. The van der Waals surface area contributed by atoms with Crippen LogP contribution in [0.2, 0.25) is 0 Å². The van der Waals surface area contributed by atoms with Gasteiger partial charge in [-0.25, -0.2) is 13.1 Å². The van der Waals surface area contributed by atoms with Gasteiger partial charge in [-0.3, -0.25) is 0 Å². The van der Waals surface area contributed by atoms with Crippen molar-refractivity contribution in [1.82, 2.24) is 4.72 Å². The summed E-state index contributed by atoms with van der Waals surface area (Å²) < 4.78 is 36.7. The Balaban J connectivity index is 2.07. The predicted molar refractivity (Wildman–Crippen MR) is 83.0 cm³/mol. The van der Waals surface area contributed by atoms with Crippen LogP contribution in [0, 0.1) is 0 Å². The smallest absolute Gasteiger partial charge is 0.273 e. The molecule has 0 atom stereocenters. The Hall–Kier alpha value is -1.51. The van der Waals surface area contributed by atoms with Crippen molar-refractivity contribution in [2.45, 2.75) is 11.6 Å². The third kappa shape index (κ3) is 3.78. The van der Waals surface area contributed by atoms with Gasteiger partial charge in [0.25, 0.3) is 10.0 Å². The van der Waals surface area contributed by atoms with Crippen molar-refractivity contribution >= 4 is 31.6 Å². The molecule has 8 heteroatoms. The van der Waals surface area contributed by atoms with Gasteiger partial charge in [0.1, 0.15) is 11.5 Å². The van der Waals surface area contributed by atoms with Gasteiger partial charge in [-0.15, -0.1) is 0 Å². The van der Waals surface area contributed by atoms with Crippen LogP contribution in [0.1, 0.15) is 5.76 Å². The normalized spacial score (nSPS) is 11.4. The second-order valence-electron chi connectivity index (χ2n) is 4.13. The van der Waals surface area contributed by atoms with Crippen molar-refractivity contribution in [2.24, 2.45) is 0 Å². The lowest BCUT2D eigenvalue weighted by Crippen LogP contribution is -2.17. The van der Waals surface area contributed by atoms with Crippen LogP contribution in [-0.2, 0) is 16.6 Å². The van der Waals surface area contributed by atoms with E-state index in [1.165, 1.54) is 13.1 Å². The largest absolute Gasteiger partial charge is 0.495 e. The minimum atomic E-state index is -3.55. The number of furan rings is 1. The molecule has 0 fully saturated rings. The standard InChI is InChI=1S/C13H15BrN2O4S/c1-15-21(17,18)13-6-4-10(20-13)8-16-9-3-5-11(14)12(7-9)19-2/h3-7,15-16H,8H2,1-2H3. The molecule has 0 spiro atoms. The first-order valence-electron chi connectivity index (χ1n) is 6.06. The van der Waals surface area contributed by atoms with E-state index in [1.54, 1.807) is 13.2 Å². The Morgan fingerprint density at radius 2 is 2.05 bits per heavy atom. The molecule has 2 aromatic rings. The van der Waals surface area contributed by atoms with Gasteiger partial charge >= 0.3 is 0 Å². The molecule has 2 rings (SSSR count). The average molecular weight is 375 g/mol. The molecule has 1 aromatic carbocycles. The Bertz CT molecular complexity index is 728. The van der Waals surface area contributed by atoms with Crippen molar-refractivity contribution in [3.05, 3.63) is 40.6 Å². The summed E-state index contributed by atoms with van der Waals surface area (Å²) in [6.45, 7) is 0.365. The van der Waals surface area contributed by atoms with E-state index >= 15 is 0 Å². The first kappa shape index (κ1) is 15.9. The SMILES string of the molecule is CNS(=O)(=O)c1ccc(CNc2ccc(Br)c(OC)c2)o1. The summed E-state index contributed by atoms with van der Waals surface area (Å²) in [6, 6.07) is 8.61. The van der Waals surface area contributed by atoms with Gasteiger partial charge in [0, 0.05) is 11.8 Å². The topological polar surface area (TPSA) is 80.6 Å². The molecule has 2 N–H and O–H groups in total. The van der Waals surface area contributed by atoms with E-state index < -0.39 is 10.0 Å². The van der Waals surface area contributed by atoms with Crippen LogP contribution >= 0.6 is 15.9 Å². The van der Waals surface area contributed by atoms with Gasteiger partial charge in [0.05, 0.1) is 18.1 Å². The lowest BCUT2D eigenvalue weighted by molar-refractivity contribution is 0.412. The number of hydrogen-bond acceptors (Lipinski definition) is 5. The molecule has 114 valence electrons. The molecular weight excluding hydrogens is 360 g/mol. The maximum Gasteiger partial charge on any atom is 0.273 e. The van der Waals surface area contributed by atoms with E-state index in [9.17, 15) is 8.42 Å². The number of hydrogen-bond donors (Lipinski definition) is 2. The zero-order valence-corrected chi connectivity index (χ0v) is 13.9. The monoisotopic (exact) mass is 374 g/mol. The molecule has 0 bridgehead atoms. The molecule has 0 radical (unpaired) electrons. The summed E-state index contributed by atoms with van der Waals surface area (Å²) in [7, 11) is -0.621. The van der Waals surface area contributed by atoms with Crippen LogP contribution in [0.3, 0.4) is 0 Å². The maximum atomic E-state index is 11.6. The van der Waals surface area contributed by atoms with Crippen molar-refractivity contribution < 1.29 is 17.6 Å². The van der Waals surface area contributed by atoms with Crippen LogP contribution in [0.15, 0.2) is 44.3 Å². The van der Waals surface area contributed by atoms with E-state index in [1.807, 2.05) is 18.2 Å². The number of rotatable bonds is 6. The molecule has 21 heavy (non-hydrogen) atoms. The Kier molecular flexibility index (Phi) is 4.92. The van der Waals surface area contributed by atoms with Crippen molar-refractivity contribution in [2.75, 3.05) is 19.5 Å². The highest BCUT2D eigenvalue weighted by Gasteiger charge is 2.16. The van der Waals surface area contributed by atoms with Crippen molar-refractivity contribution in [3.8, 4) is 5.75 Å². The minimum Gasteiger partial charge on any atom is -0.495 e. The minimum absolute atomic E-state index is 0.102. The zero-order valence-electron chi connectivity index (χ0n) is 11.5. The average Bonchev–Trinajstić information content (AvgIpc) is 2.96. The second kappa shape index (κ2) is 6.50. The Morgan fingerprint density at radius 3 is 2.71 bits per heavy atom. The molecule has 1 aromatic heterocycles. The molecular formula is C13H15BrN2O4S. The van der Waals surface area contributed by atoms with Crippen LogP contribution in [0.4, 0.5) is 5.69 Å². The van der Waals surface area contributed by atoms with Gasteiger partial charge < -0.3 is 14.5 Å². The Labute approximate surface area is 131 Å². The Morgan fingerprint density at radius 1 is 1.29 bits per heavy atom. The molecule has 0 aliphatic rings. The van der Waals surface area contributed by atoms with E-state index in [-0.39, 0.29) is 5.09 Å². The molecule has 0 amide bonds. The summed E-state index contributed by atoms with van der Waals surface area (Å²) in [5.74, 6) is 1.23. The molecule has 1 heterocycles. The van der Waals surface area contributed by atoms with Crippen molar-refractivity contribution in [1.29, 1.82) is 0 Å². The third-order valence-electron chi connectivity index (χ3n) is 2.79. The molecule has 0 aliphatic carbocycles. The number of halogens is 1. The number of benzene rings is 1. The second-order valence-corrected chi connectivity index (χ2v) is 6.80. The van der Waals surface area contributed by atoms with Crippen LogP contribution in [-0.4, -0.2) is 22.6 Å². The lowest BCUT2D eigenvalue weighted by Gasteiger charge is -2.08. The summed E-state index contributed by atoms with van der Waals surface area (Å²) in [5.41, 5.74) is 0.837. The highest BCUT2D eigenvalue weighted by Crippen LogP contribution is 2.28. The van der Waals surface area contributed by atoms with E-state index in [2.05, 4.69) is 26.0 Å². The lowest BCUT2D eigenvalue weighted by atomic mass is 10.3. The number of methoxy groups -OCH3 is 1. The van der Waals surface area contributed by atoms with Gasteiger partial charge in [0.2, 0.25) is 5.09 Å². The first-order chi connectivity index (χ1) is 9.96. The quantitative estimate of drug-likeness (QED) is 0.811. The number of sulfonamides is 1. The van der Waals surface area contributed by atoms with E-state index in [0.717, 1.165) is 10.2 Å².